The summed E-state index contributed by atoms with van der Waals surface area (Å²) in [6, 6.07) is 0. The largest absolute Gasteiger partial charge is 0.368 e. The molecule has 19 heavy (non-hydrogen) atoms. The Kier molecular flexibility index (Phi) is 4.16. The predicted molar refractivity (Wildman–Crippen MR) is 74.0 cm³/mol. The number of anilines is 2. The Bertz CT molecular complexity index is 470. The molecule has 0 spiro atoms. The Morgan fingerprint density at radius 3 is 2.63 bits per heavy atom. The normalized spacial score (nSPS) is 15.5. The molecule has 1 aliphatic rings. The first-order valence-corrected chi connectivity index (χ1v) is 6.55. The molecule has 104 valence electrons. The van der Waals surface area contributed by atoms with E-state index in [0.29, 0.717) is 0 Å². The SMILES string of the molecule is CCCc1c(C(N)=O)nc(N)nc1N1CCNCC1. The Morgan fingerprint density at radius 2 is 2.05 bits per heavy atom. The first kappa shape index (κ1) is 13.5. The van der Waals surface area contributed by atoms with Crippen LogP contribution in [0.15, 0.2) is 0 Å². The van der Waals surface area contributed by atoms with E-state index < -0.39 is 5.91 Å². The van der Waals surface area contributed by atoms with E-state index in [1.807, 2.05) is 6.92 Å². The lowest BCUT2D eigenvalue weighted by Crippen LogP contribution is -2.44. The summed E-state index contributed by atoms with van der Waals surface area (Å²) in [4.78, 5) is 22.0. The molecule has 1 aromatic rings. The summed E-state index contributed by atoms with van der Waals surface area (Å²) in [7, 11) is 0. The predicted octanol–water partition coefficient (Wildman–Crippen LogP) is -0.480. The molecule has 1 amide bonds. The third-order valence-corrected chi connectivity index (χ3v) is 3.15. The van der Waals surface area contributed by atoms with Gasteiger partial charge in [0, 0.05) is 31.7 Å². The van der Waals surface area contributed by atoms with Gasteiger partial charge in [0.2, 0.25) is 5.95 Å². The van der Waals surface area contributed by atoms with Crippen molar-refractivity contribution in [3.8, 4) is 0 Å². The van der Waals surface area contributed by atoms with Crippen molar-refractivity contribution in [1.29, 1.82) is 0 Å². The second kappa shape index (κ2) is 5.83. The lowest BCUT2D eigenvalue weighted by atomic mass is 10.1. The maximum atomic E-state index is 11.5. The minimum absolute atomic E-state index is 0.0992. The van der Waals surface area contributed by atoms with Crippen LogP contribution in [-0.4, -0.2) is 42.1 Å². The van der Waals surface area contributed by atoms with Crippen LogP contribution in [0, 0.1) is 0 Å². The minimum atomic E-state index is -0.547. The molecule has 1 saturated heterocycles. The molecular weight excluding hydrogens is 244 g/mol. The number of nitrogens with zero attached hydrogens (tertiary/aromatic N) is 3. The summed E-state index contributed by atoms with van der Waals surface area (Å²) in [6.07, 6.45) is 1.62. The number of aromatic nitrogens is 2. The van der Waals surface area contributed by atoms with Crippen molar-refractivity contribution in [3.63, 3.8) is 0 Å². The summed E-state index contributed by atoms with van der Waals surface area (Å²) in [6.45, 7) is 5.50. The van der Waals surface area contributed by atoms with Crippen LogP contribution in [0.2, 0.25) is 0 Å². The lowest BCUT2D eigenvalue weighted by molar-refractivity contribution is 0.0994. The van der Waals surface area contributed by atoms with Crippen molar-refractivity contribution in [3.05, 3.63) is 11.3 Å². The van der Waals surface area contributed by atoms with E-state index in [4.69, 9.17) is 11.5 Å². The number of nitrogen functional groups attached to an aromatic ring is 1. The highest BCUT2D eigenvalue weighted by molar-refractivity contribution is 5.94. The van der Waals surface area contributed by atoms with Gasteiger partial charge in [-0.1, -0.05) is 13.3 Å². The average Bonchev–Trinajstić information content (AvgIpc) is 2.41. The van der Waals surface area contributed by atoms with Crippen LogP contribution in [0.5, 0.6) is 0 Å². The highest BCUT2D eigenvalue weighted by Crippen LogP contribution is 2.23. The summed E-state index contributed by atoms with van der Waals surface area (Å²) in [5.74, 6) is 0.306. The third kappa shape index (κ3) is 2.93. The van der Waals surface area contributed by atoms with Gasteiger partial charge in [-0.2, -0.15) is 4.98 Å². The fourth-order valence-corrected chi connectivity index (χ4v) is 2.31. The Balaban J connectivity index is 2.46. The van der Waals surface area contributed by atoms with Crippen LogP contribution in [-0.2, 0) is 6.42 Å². The van der Waals surface area contributed by atoms with Crippen molar-refractivity contribution >= 4 is 17.7 Å². The molecule has 1 fully saturated rings. The van der Waals surface area contributed by atoms with Crippen LogP contribution < -0.4 is 21.7 Å². The molecule has 0 bridgehead atoms. The molecule has 7 heteroatoms. The standard InChI is InChI=1S/C12H20N6O/c1-2-3-8-9(10(13)19)16-12(14)17-11(8)18-6-4-15-5-7-18/h15H,2-7H2,1H3,(H2,13,19)(H2,14,16,17). The lowest BCUT2D eigenvalue weighted by Gasteiger charge is -2.30. The quantitative estimate of drug-likeness (QED) is 0.677. The Hall–Kier alpha value is -1.89. The van der Waals surface area contributed by atoms with Crippen molar-refractivity contribution in [2.24, 2.45) is 5.73 Å². The third-order valence-electron chi connectivity index (χ3n) is 3.15. The maximum Gasteiger partial charge on any atom is 0.267 e. The van der Waals surface area contributed by atoms with E-state index in [2.05, 4.69) is 20.2 Å². The summed E-state index contributed by atoms with van der Waals surface area (Å²) in [5, 5.41) is 3.28. The molecule has 1 aliphatic heterocycles. The Labute approximate surface area is 112 Å². The molecule has 0 unspecified atom stereocenters. The van der Waals surface area contributed by atoms with E-state index in [9.17, 15) is 4.79 Å². The minimum Gasteiger partial charge on any atom is -0.368 e. The molecular formula is C12H20N6O. The van der Waals surface area contributed by atoms with E-state index in [0.717, 1.165) is 50.4 Å². The topological polar surface area (TPSA) is 110 Å². The molecule has 7 nitrogen and oxygen atoms in total. The highest BCUT2D eigenvalue weighted by atomic mass is 16.1. The van der Waals surface area contributed by atoms with E-state index in [1.165, 1.54) is 0 Å². The number of nitrogens with one attached hydrogen (secondary N) is 1. The van der Waals surface area contributed by atoms with Gasteiger partial charge in [0.05, 0.1) is 0 Å². The molecule has 0 aliphatic carbocycles. The van der Waals surface area contributed by atoms with Gasteiger partial charge in [-0.25, -0.2) is 4.98 Å². The second-order valence-corrected chi connectivity index (χ2v) is 4.58. The van der Waals surface area contributed by atoms with Crippen LogP contribution in [0.4, 0.5) is 11.8 Å². The zero-order chi connectivity index (χ0) is 13.8. The number of rotatable bonds is 4. The van der Waals surface area contributed by atoms with Crippen molar-refractivity contribution in [1.82, 2.24) is 15.3 Å². The zero-order valence-electron chi connectivity index (χ0n) is 11.1. The number of primary amides is 1. The molecule has 0 atom stereocenters. The van der Waals surface area contributed by atoms with Gasteiger partial charge in [-0.15, -0.1) is 0 Å². The summed E-state index contributed by atoms with van der Waals surface area (Å²) >= 11 is 0. The molecule has 1 aromatic heterocycles. The summed E-state index contributed by atoms with van der Waals surface area (Å²) in [5.41, 5.74) is 12.2. The molecule has 0 radical (unpaired) electrons. The number of hydrogen-bond donors (Lipinski definition) is 3. The summed E-state index contributed by atoms with van der Waals surface area (Å²) < 4.78 is 0. The fraction of sp³-hybridized carbons (Fsp3) is 0.583. The van der Waals surface area contributed by atoms with Gasteiger partial charge in [-0.3, -0.25) is 4.79 Å². The van der Waals surface area contributed by atoms with Crippen molar-refractivity contribution < 1.29 is 4.79 Å². The first-order valence-electron chi connectivity index (χ1n) is 6.55. The van der Waals surface area contributed by atoms with Gasteiger partial charge in [0.15, 0.2) is 0 Å². The van der Waals surface area contributed by atoms with Gasteiger partial charge in [-0.05, 0) is 6.42 Å². The average molecular weight is 264 g/mol. The second-order valence-electron chi connectivity index (χ2n) is 4.58. The van der Waals surface area contributed by atoms with Gasteiger partial charge in [0.25, 0.3) is 5.91 Å². The van der Waals surface area contributed by atoms with Crippen LogP contribution in [0.3, 0.4) is 0 Å². The zero-order valence-corrected chi connectivity index (χ0v) is 11.1. The van der Waals surface area contributed by atoms with E-state index in [1.54, 1.807) is 0 Å². The maximum absolute atomic E-state index is 11.5. The molecule has 2 heterocycles. The number of carbonyl (C=O) groups is 1. The van der Waals surface area contributed by atoms with Crippen LogP contribution >= 0.6 is 0 Å². The Morgan fingerprint density at radius 1 is 1.37 bits per heavy atom. The molecule has 2 rings (SSSR count). The van der Waals surface area contributed by atoms with E-state index >= 15 is 0 Å². The fourth-order valence-electron chi connectivity index (χ4n) is 2.31. The number of amides is 1. The number of carbonyl (C=O) groups excluding carboxylic acids is 1. The first-order chi connectivity index (χ1) is 9.13. The van der Waals surface area contributed by atoms with E-state index in [-0.39, 0.29) is 11.6 Å². The van der Waals surface area contributed by atoms with Crippen LogP contribution in [0.25, 0.3) is 0 Å². The molecule has 0 saturated carbocycles. The monoisotopic (exact) mass is 264 g/mol. The molecule has 0 aromatic carbocycles. The van der Waals surface area contributed by atoms with Crippen molar-refractivity contribution in [2.45, 2.75) is 19.8 Å². The van der Waals surface area contributed by atoms with Gasteiger partial charge >= 0.3 is 0 Å². The molecule has 5 N–H and O–H groups in total. The smallest absolute Gasteiger partial charge is 0.267 e. The van der Waals surface area contributed by atoms with Crippen LogP contribution in [0.1, 0.15) is 29.4 Å². The highest BCUT2D eigenvalue weighted by Gasteiger charge is 2.22. The van der Waals surface area contributed by atoms with Crippen molar-refractivity contribution in [2.75, 3.05) is 36.8 Å². The number of nitrogens with two attached hydrogens (primary N) is 2. The number of piperazine rings is 1. The van der Waals surface area contributed by atoms with Gasteiger partial charge < -0.3 is 21.7 Å². The van der Waals surface area contributed by atoms with Gasteiger partial charge in [0.1, 0.15) is 11.5 Å². The number of hydrogen-bond acceptors (Lipinski definition) is 6.